The Labute approximate surface area is 80.4 Å². The minimum atomic E-state index is 0.702. The van der Waals surface area contributed by atoms with Crippen LogP contribution in [0.3, 0.4) is 0 Å². The SMILES string of the molecule is CCCC(C)Cc1ncc(C)cn1. The summed E-state index contributed by atoms with van der Waals surface area (Å²) in [5.74, 6) is 1.68. The van der Waals surface area contributed by atoms with E-state index < -0.39 is 0 Å². The molecule has 0 spiro atoms. The monoisotopic (exact) mass is 178 g/mol. The first-order valence-electron chi connectivity index (χ1n) is 5.00. The van der Waals surface area contributed by atoms with Crippen LogP contribution >= 0.6 is 0 Å². The Morgan fingerprint density at radius 2 is 1.92 bits per heavy atom. The van der Waals surface area contributed by atoms with Crippen LogP contribution in [-0.4, -0.2) is 9.97 Å². The van der Waals surface area contributed by atoms with Gasteiger partial charge in [0.15, 0.2) is 0 Å². The van der Waals surface area contributed by atoms with E-state index in [2.05, 4.69) is 23.8 Å². The minimum Gasteiger partial charge on any atom is -0.241 e. The summed E-state index contributed by atoms with van der Waals surface area (Å²) in [4.78, 5) is 8.58. The third-order valence-corrected chi connectivity index (χ3v) is 2.15. The third kappa shape index (κ3) is 3.53. The summed E-state index contributed by atoms with van der Waals surface area (Å²) in [5, 5.41) is 0. The summed E-state index contributed by atoms with van der Waals surface area (Å²) in [6.45, 7) is 6.48. The van der Waals surface area contributed by atoms with Crippen molar-refractivity contribution in [1.82, 2.24) is 9.97 Å². The van der Waals surface area contributed by atoms with Gasteiger partial charge < -0.3 is 0 Å². The van der Waals surface area contributed by atoms with Crippen molar-refractivity contribution in [3.63, 3.8) is 0 Å². The molecule has 2 nitrogen and oxygen atoms in total. The van der Waals surface area contributed by atoms with Crippen LogP contribution in [-0.2, 0) is 6.42 Å². The second kappa shape index (κ2) is 4.95. The van der Waals surface area contributed by atoms with Crippen LogP contribution in [0.1, 0.15) is 38.1 Å². The maximum Gasteiger partial charge on any atom is 0.128 e. The summed E-state index contributed by atoms with van der Waals surface area (Å²) in [6.07, 6.45) is 7.29. The van der Waals surface area contributed by atoms with Gasteiger partial charge in [0.1, 0.15) is 5.82 Å². The fraction of sp³-hybridized carbons (Fsp3) is 0.636. The average Bonchev–Trinajstić information content (AvgIpc) is 2.09. The van der Waals surface area contributed by atoms with Crippen molar-refractivity contribution in [3.05, 3.63) is 23.8 Å². The molecule has 0 saturated heterocycles. The van der Waals surface area contributed by atoms with E-state index in [4.69, 9.17) is 0 Å². The summed E-state index contributed by atoms with van der Waals surface area (Å²) in [5.41, 5.74) is 1.13. The van der Waals surface area contributed by atoms with Crippen molar-refractivity contribution in [3.8, 4) is 0 Å². The van der Waals surface area contributed by atoms with Crippen molar-refractivity contribution in [1.29, 1.82) is 0 Å². The standard InChI is InChI=1S/C11H18N2/c1-4-5-9(2)6-11-12-7-10(3)8-13-11/h7-9H,4-6H2,1-3H3. The van der Waals surface area contributed by atoms with E-state index in [1.54, 1.807) is 0 Å². The summed E-state index contributed by atoms with van der Waals surface area (Å²) >= 11 is 0. The molecule has 0 N–H and O–H groups in total. The first-order valence-corrected chi connectivity index (χ1v) is 5.00. The lowest BCUT2D eigenvalue weighted by Crippen LogP contribution is -2.03. The Morgan fingerprint density at radius 3 is 2.46 bits per heavy atom. The van der Waals surface area contributed by atoms with E-state index in [-0.39, 0.29) is 0 Å². The predicted molar refractivity (Wildman–Crippen MR) is 54.5 cm³/mol. The van der Waals surface area contributed by atoms with Crippen molar-refractivity contribution in [2.45, 2.75) is 40.0 Å². The molecule has 0 aliphatic carbocycles. The van der Waals surface area contributed by atoms with Gasteiger partial charge in [-0.2, -0.15) is 0 Å². The maximum absolute atomic E-state index is 4.29. The molecule has 13 heavy (non-hydrogen) atoms. The van der Waals surface area contributed by atoms with Crippen molar-refractivity contribution in [2.24, 2.45) is 5.92 Å². The first kappa shape index (κ1) is 10.2. The van der Waals surface area contributed by atoms with Crippen LogP contribution in [0.15, 0.2) is 12.4 Å². The molecule has 1 atom stereocenters. The van der Waals surface area contributed by atoms with Crippen molar-refractivity contribution < 1.29 is 0 Å². The van der Waals surface area contributed by atoms with Crippen LogP contribution in [0, 0.1) is 12.8 Å². The smallest absolute Gasteiger partial charge is 0.128 e. The van der Waals surface area contributed by atoms with Crippen molar-refractivity contribution >= 4 is 0 Å². The highest BCUT2D eigenvalue weighted by Gasteiger charge is 2.03. The highest BCUT2D eigenvalue weighted by atomic mass is 14.9. The Bertz CT molecular complexity index is 241. The molecule has 1 aromatic rings. The molecule has 0 fully saturated rings. The average molecular weight is 178 g/mol. The lowest BCUT2D eigenvalue weighted by molar-refractivity contribution is 0.509. The van der Waals surface area contributed by atoms with Crippen molar-refractivity contribution in [2.75, 3.05) is 0 Å². The van der Waals surface area contributed by atoms with Gasteiger partial charge in [0.05, 0.1) is 0 Å². The van der Waals surface area contributed by atoms with Crippen LogP contribution in [0.4, 0.5) is 0 Å². The van der Waals surface area contributed by atoms with Gasteiger partial charge in [0, 0.05) is 18.8 Å². The molecule has 0 aromatic carbocycles. The zero-order valence-corrected chi connectivity index (χ0v) is 8.75. The number of hydrogen-bond donors (Lipinski definition) is 0. The van der Waals surface area contributed by atoms with Gasteiger partial charge in [-0.1, -0.05) is 26.7 Å². The van der Waals surface area contributed by atoms with Gasteiger partial charge in [0.2, 0.25) is 0 Å². The number of aromatic nitrogens is 2. The highest BCUT2D eigenvalue weighted by molar-refractivity contribution is 5.02. The van der Waals surface area contributed by atoms with Crippen LogP contribution in [0.2, 0.25) is 0 Å². The van der Waals surface area contributed by atoms with Gasteiger partial charge in [-0.15, -0.1) is 0 Å². The molecule has 0 amide bonds. The number of aryl methyl sites for hydroxylation is 1. The molecule has 0 aliphatic heterocycles. The van der Waals surface area contributed by atoms with E-state index in [0.717, 1.165) is 17.8 Å². The number of hydrogen-bond acceptors (Lipinski definition) is 2. The van der Waals surface area contributed by atoms with E-state index in [1.807, 2.05) is 19.3 Å². The summed E-state index contributed by atoms with van der Waals surface area (Å²) in [6, 6.07) is 0. The quantitative estimate of drug-likeness (QED) is 0.708. The molecule has 0 radical (unpaired) electrons. The van der Waals surface area contributed by atoms with Crippen LogP contribution < -0.4 is 0 Å². The third-order valence-electron chi connectivity index (χ3n) is 2.15. The lowest BCUT2D eigenvalue weighted by Gasteiger charge is -2.07. The lowest BCUT2D eigenvalue weighted by atomic mass is 10.0. The number of rotatable bonds is 4. The Morgan fingerprint density at radius 1 is 1.31 bits per heavy atom. The van der Waals surface area contributed by atoms with Crippen LogP contribution in [0.25, 0.3) is 0 Å². The molecule has 1 rings (SSSR count). The Hall–Kier alpha value is -0.920. The van der Waals surface area contributed by atoms with E-state index in [1.165, 1.54) is 12.8 Å². The molecule has 0 aliphatic rings. The molecular weight excluding hydrogens is 160 g/mol. The van der Waals surface area contributed by atoms with E-state index >= 15 is 0 Å². The minimum absolute atomic E-state index is 0.702. The highest BCUT2D eigenvalue weighted by Crippen LogP contribution is 2.09. The Balaban J connectivity index is 2.49. The summed E-state index contributed by atoms with van der Waals surface area (Å²) in [7, 11) is 0. The molecule has 1 aromatic heterocycles. The number of nitrogens with zero attached hydrogens (tertiary/aromatic N) is 2. The second-order valence-corrected chi connectivity index (χ2v) is 3.77. The normalized spacial score (nSPS) is 12.8. The molecule has 0 saturated carbocycles. The fourth-order valence-electron chi connectivity index (χ4n) is 1.43. The second-order valence-electron chi connectivity index (χ2n) is 3.77. The van der Waals surface area contributed by atoms with Gasteiger partial charge >= 0.3 is 0 Å². The molecule has 1 unspecified atom stereocenters. The van der Waals surface area contributed by atoms with Gasteiger partial charge in [-0.25, -0.2) is 9.97 Å². The zero-order valence-electron chi connectivity index (χ0n) is 8.75. The van der Waals surface area contributed by atoms with Gasteiger partial charge in [-0.05, 0) is 18.4 Å². The molecule has 72 valence electrons. The van der Waals surface area contributed by atoms with Crippen LogP contribution in [0.5, 0.6) is 0 Å². The van der Waals surface area contributed by atoms with E-state index in [9.17, 15) is 0 Å². The maximum atomic E-state index is 4.29. The Kier molecular flexibility index (Phi) is 3.87. The zero-order chi connectivity index (χ0) is 9.68. The molecular formula is C11H18N2. The molecule has 0 bridgehead atoms. The van der Waals surface area contributed by atoms with E-state index in [0.29, 0.717) is 5.92 Å². The summed E-state index contributed by atoms with van der Waals surface area (Å²) < 4.78 is 0. The van der Waals surface area contributed by atoms with Gasteiger partial charge in [-0.3, -0.25) is 0 Å². The predicted octanol–water partition coefficient (Wildman–Crippen LogP) is 2.76. The largest absolute Gasteiger partial charge is 0.241 e. The molecule has 2 heteroatoms. The first-order chi connectivity index (χ1) is 6.22. The molecule has 1 heterocycles. The fourth-order valence-corrected chi connectivity index (χ4v) is 1.43. The topological polar surface area (TPSA) is 25.8 Å². The van der Waals surface area contributed by atoms with Gasteiger partial charge in [0.25, 0.3) is 0 Å².